The van der Waals surface area contributed by atoms with Crippen molar-refractivity contribution >= 4 is 5.91 Å². The van der Waals surface area contributed by atoms with Gasteiger partial charge in [0, 0.05) is 26.1 Å². The minimum absolute atomic E-state index is 0.306. The van der Waals surface area contributed by atoms with Crippen LogP contribution in [-0.2, 0) is 4.79 Å². The third-order valence-corrected chi connectivity index (χ3v) is 3.39. The van der Waals surface area contributed by atoms with Crippen molar-refractivity contribution in [3.63, 3.8) is 0 Å². The predicted octanol–water partition coefficient (Wildman–Crippen LogP) is 2.17. The second-order valence-electron chi connectivity index (χ2n) is 4.85. The summed E-state index contributed by atoms with van der Waals surface area (Å²) in [6.45, 7) is 4.20. The Morgan fingerprint density at radius 1 is 1.44 bits per heavy atom. The first kappa shape index (κ1) is 13.5. The van der Waals surface area contributed by atoms with Crippen LogP contribution in [0, 0.1) is 0 Å². The molecule has 1 unspecified atom stereocenters. The largest absolute Gasteiger partial charge is 0.346 e. The molecule has 0 saturated carbocycles. The van der Waals surface area contributed by atoms with Gasteiger partial charge in [0.1, 0.15) is 0 Å². The van der Waals surface area contributed by atoms with E-state index in [0.29, 0.717) is 18.4 Å². The molecule has 3 heteroatoms. The molecule has 0 aromatic rings. The van der Waals surface area contributed by atoms with Crippen LogP contribution < -0.4 is 5.32 Å². The van der Waals surface area contributed by atoms with Gasteiger partial charge < -0.3 is 10.2 Å². The number of unbranched alkanes of at least 4 members (excludes halogenated alkanes) is 1. The maximum Gasteiger partial charge on any atom is 0.222 e. The highest BCUT2D eigenvalue weighted by Crippen LogP contribution is 2.12. The van der Waals surface area contributed by atoms with Gasteiger partial charge in [0.25, 0.3) is 0 Å². The van der Waals surface area contributed by atoms with Crippen molar-refractivity contribution in [2.75, 3.05) is 20.1 Å². The van der Waals surface area contributed by atoms with Gasteiger partial charge in [-0.15, -0.1) is 0 Å². The highest BCUT2D eigenvalue weighted by atomic mass is 16.2. The molecule has 1 heterocycles. The number of rotatable bonds is 6. The summed E-state index contributed by atoms with van der Waals surface area (Å²) in [7, 11) is 1.92. The fourth-order valence-corrected chi connectivity index (χ4v) is 2.18. The smallest absolute Gasteiger partial charge is 0.222 e. The zero-order valence-electron chi connectivity index (χ0n) is 10.8. The van der Waals surface area contributed by atoms with Crippen molar-refractivity contribution in [2.45, 2.75) is 57.9 Å². The lowest BCUT2D eigenvalue weighted by molar-refractivity contribution is -0.130. The SMILES string of the molecule is CCCCN(C)C(=O)CCC1CCCCN1. The zero-order chi connectivity index (χ0) is 11.8. The molecule has 0 aromatic carbocycles. The van der Waals surface area contributed by atoms with E-state index >= 15 is 0 Å². The number of carbonyl (C=O) groups is 1. The molecule has 1 atom stereocenters. The van der Waals surface area contributed by atoms with Gasteiger partial charge >= 0.3 is 0 Å². The van der Waals surface area contributed by atoms with E-state index in [9.17, 15) is 4.79 Å². The van der Waals surface area contributed by atoms with Crippen LogP contribution in [0.3, 0.4) is 0 Å². The van der Waals surface area contributed by atoms with E-state index in [1.54, 1.807) is 0 Å². The zero-order valence-corrected chi connectivity index (χ0v) is 10.8. The molecule has 1 aliphatic heterocycles. The first-order valence-electron chi connectivity index (χ1n) is 6.71. The number of hydrogen-bond donors (Lipinski definition) is 1. The Morgan fingerprint density at radius 3 is 2.88 bits per heavy atom. The maximum absolute atomic E-state index is 11.8. The van der Waals surface area contributed by atoms with E-state index in [2.05, 4.69) is 12.2 Å². The van der Waals surface area contributed by atoms with Gasteiger partial charge in [0.2, 0.25) is 5.91 Å². The Hall–Kier alpha value is -0.570. The molecule has 0 spiro atoms. The molecule has 3 nitrogen and oxygen atoms in total. The molecule has 1 N–H and O–H groups in total. The number of nitrogens with one attached hydrogen (secondary N) is 1. The highest BCUT2D eigenvalue weighted by molar-refractivity contribution is 5.75. The lowest BCUT2D eigenvalue weighted by Gasteiger charge is -2.24. The van der Waals surface area contributed by atoms with Gasteiger partial charge in [-0.3, -0.25) is 4.79 Å². The molecule has 1 rings (SSSR count). The van der Waals surface area contributed by atoms with Gasteiger partial charge in [-0.05, 0) is 32.2 Å². The van der Waals surface area contributed by atoms with Crippen molar-refractivity contribution in [1.29, 1.82) is 0 Å². The Morgan fingerprint density at radius 2 is 2.25 bits per heavy atom. The summed E-state index contributed by atoms with van der Waals surface area (Å²) in [6, 6.07) is 0.581. The Kier molecular flexibility index (Phi) is 6.46. The summed E-state index contributed by atoms with van der Waals surface area (Å²) in [5.41, 5.74) is 0. The molecular weight excluding hydrogens is 200 g/mol. The average Bonchev–Trinajstić information content (AvgIpc) is 2.34. The summed E-state index contributed by atoms with van der Waals surface area (Å²) in [5, 5.41) is 3.49. The fraction of sp³-hybridized carbons (Fsp3) is 0.923. The first-order valence-corrected chi connectivity index (χ1v) is 6.71. The van der Waals surface area contributed by atoms with Crippen molar-refractivity contribution in [1.82, 2.24) is 10.2 Å². The molecule has 1 amide bonds. The minimum Gasteiger partial charge on any atom is -0.346 e. The molecule has 0 aromatic heterocycles. The monoisotopic (exact) mass is 226 g/mol. The van der Waals surface area contributed by atoms with E-state index < -0.39 is 0 Å². The number of piperidine rings is 1. The molecule has 1 aliphatic rings. The van der Waals surface area contributed by atoms with Crippen molar-refractivity contribution < 1.29 is 4.79 Å². The Labute approximate surface area is 99.6 Å². The van der Waals surface area contributed by atoms with Crippen LogP contribution >= 0.6 is 0 Å². The van der Waals surface area contributed by atoms with Gasteiger partial charge in [-0.2, -0.15) is 0 Å². The van der Waals surface area contributed by atoms with E-state index in [-0.39, 0.29) is 0 Å². The van der Waals surface area contributed by atoms with E-state index in [1.165, 1.54) is 19.3 Å². The summed E-state index contributed by atoms with van der Waals surface area (Å²) in [6.07, 6.45) is 7.84. The van der Waals surface area contributed by atoms with Crippen molar-refractivity contribution in [3.8, 4) is 0 Å². The molecule has 0 aliphatic carbocycles. The van der Waals surface area contributed by atoms with Gasteiger partial charge in [0.15, 0.2) is 0 Å². The molecule has 16 heavy (non-hydrogen) atoms. The summed E-state index contributed by atoms with van der Waals surface area (Å²) in [5.74, 6) is 0.306. The van der Waals surface area contributed by atoms with E-state index in [1.807, 2.05) is 11.9 Å². The lowest BCUT2D eigenvalue weighted by Crippen LogP contribution is -2.35. The lowest BCUT2D eigenvalue weighted by atomic mass is 10.0. The quantitative estimate of drug-likeness (QED) is 0.753. The van der Waals surface area contributed by atoms with Crippen LogP contribution in [0.1, 0.15) is 51.9 Å². The van der Waals surface area contributed by atoms with Crippen LogP contribution in [-0.4, -0.2) is 37.0 Å². The average molecular weight is 226 g/mol. The van der Waals surface area contributed by atoms with Crippen molar-refractivity contribution in [2.24, 2.45) is 0 Å². The Balaban J connectivity index is 2.12. The normalized spacial score (nSPS) is 20.8. The molecule has 1 fully saturated rings. The number of hydrogen-bond acceptors (Lipinski definition) is 2. The molecular formula is C13H26N2O. The topological polar surface area (TPSA) is 32.3 Å². The summed E-state index contributed by atoms with van der Waals surface area (Å²) < 4.78 is 0. The van der Waals surface area contributed by atoms with Gasteiger partial charge in [0.05, 0.1) is 0 Å². The van der Waals surface area contributed by atoms with Crippen LogP contribution in [0.2, 0.25) is 0 Å². The second kappa shape index (κ2) is 7.66. The Bertz CT molecular complexity index is 200. The second-order valence-corrected chi connectivity index (χ2v) is 4.85. The van der Waals surface area contributed by atoms with Crippen LogP contribution in [0.4, 0.5) is 0 Å². The number of amides is 1. The fourth-order valence-electron chi connectivity index (χ4n) is 2.18. The minimum atomic E-state index is 0.306. The van der Waals surface area contributed by atoms with E-state index in [0.717, 1.165) is 32.4 Å². The van der Waals surface area contributed by atoms with E-state index in [4.69, 9.17) is 0 Å². The highest BCUT2D eigenvalue weighted by Gasteiger charge is 2.15. The van der Waals surface area contributed by atoms with Gasteiger partial charge in [-0.25, -0.2) is 0 Å². The third kappa shape index (κ3) is 4.97. The molecule has 94 valence electrons. The number of carbonyl (C=O) groups excluding carboxylic acids is 1. The van der Waals surface area contributed by atoms with Gasteiger partial charge in [-0.1, -0.05) is 19.8 Å². The van der Waals surface area contributed by atoms with Crippen LogP contribution in [0.5, 0.6) is 0 Å². The third-order valence-electron chi connectivity index (χ3n) is 3.39. The number of nitrogens with zero attached hydrogens (tertiary/aromatic N) is 1. The van der Waals surface area contributed by atoms with Crippen molar-refractivity contribution in [3.05, 3.63) is 0 Å². The first-order chi connectivity index (χ1) is 7.74. The molecule has 0 bridgehead atoms. The molecule has 0 radical (unpaired) electrons. The van der Waals surface area contributed by atoms with Crippen LogP contribution in [0.25, 0.3) is 0 Å². The summed E-state index contributed by atoms with van der Waals surface area (Å²) in [4.78, 5) is 13.7. The maximum atomic E-state index is 11.8. The molecule has 1 saturated heterocycles. The predicted molar refractivity (Wildman–Crippen MR) is 67.4 cm³/mol. The standard InChI is InChI=1S/C13H26N2O/c1-3-4-11-15(2)13(16)9-8-12-7-5-6-10-14-12/h12,14H,3-11H2,1-2H3. The summed E-state index contributed by atoms with van der Waals surface area (Å²) >= 11 is 0. The van der Waals surface area contributed by atoms with Crippen LogP contribution in [0.15, 0.2) is 0 Å².